The SMILES string of the molecule is O=C(N[C@H]1CN(CCO)C[C@@H]1C1CC1)c1ccc(N2CCCCC2)cc1. The Morgan fingerprint density at radius 2 is 1.81 bits per heavy atom. The number of hydrogen-bond acceptors (Lipinski definition) is 4. The summed E-state index contributed by atoms with van der Waals surface area (Å²) < 4.78 is 0. The molecule has 0 aromatic heterocycles. The molecule has 1 aromatic carbocycles. The first kappa shape index (κ1) is 17.8. The molecule has 26 heavy (non-hydrogen) atoms. The van der Waals surface area contributed by atoms with Crippen molar-refractivity contribution in [3.63, 3.8) is 0 Å². The van der Waals surface area contributed by atoms with E-state index in [1.165, 1.54) is 37.8 Å². The first-order chi connectivity index (χ1) is 12.7. The fourth-order valence-electron chi connectivity index (χ4n) is 4.62. The second-order valence-electron chi connectivity index (χ2n) is 8.16. The summed E-state index contributed by atoms with van der Waals surface area (Å²) in [5, 5.41) is 12.5. The molecule has 2 saturated heterocycles. The average Bonchev–Trinajstić information content (AvgIpc) is 3.45. The molecule has 4 rings (SSSR count). The van der Waals surface area contributed by atoms with Gasteiger partial charge in [-0.2, -0.15) is 0 Å². The summed E-state index contributed by atoms with van der Waals surface area (Å²) in [5.41, 5.74) is 1.98. The number of aliphatic hydroxyl groups is 1. The lowest BCUT2D eigenvalue weighted by atomic mass is 9.97. The van der Waals surface area contributed by atoms with Crippen LogP contribution < -0.4 is 10.2 Å². The summed E-state index contributed by atoms with van der Waals surface area (Å²) in [6.07, 6.45) is 6.42. The Morgan fingerprint density at radius 1 is 1.08 bits per heavy atom. The van der Waals surface area contributed by atoms with Gasteiger partial charge in [0.1, 0.15) is 0 Å². The fourth-order valence-corrected chi connectivity index (χ4v) is 4.62. The van der Waals surface area contributed by atoms with E-state index in [1.807, 2.05) is 12.1 Å². The Labute approximate surface area is 156 Å². The van der Waals surface area contributed by atoms with Gasteiger partial charge in [-0.3, -0.25) is 9.69 Å². The summed E-state index contributed by atoms with van der Waals surface area (Å²) >= 11 is 0. The monoisotopic (exact) mass is 357 g/mol. The van der Waals surface area contributed by atoms with Gasteiger partial charge < -0.3 is 15.3 Å². The third kappa shape index (κ3) is 4.04. The Hall–Kier alpha value is -1.59. The topological polar surface area (TPSA) is 55.8 Å². The van der Waals surface area contributed by atoms with Crippen molar-refractivity contribution in [2.75, 3.05) is 44.2 Å². The number of nitrogens with one attached hydrogen (secondary N) is 1. The molecule has 2 heterocycles. The molecule has 0 bridgehead atoms. The van der Waals surface area contributed by atoms with E-state index in [0.29, 0.717) is 12.5 Å². The van der Waals surface area contributed by atoms with Crippen molar-refractivity contribution in [1.82, 2.24) is 10.2 Å². The molecule has 2 aliphatic heterocycles. The fraction of sp³-hybridized carbons (Fsp3) is 0.667. The van der Waals surface area contributed by atoms with Crippen molar-refractivity contribution in [3.8, 4) is 0 Å². The van der Waals surface area contributed by atoms with E-state index in [-0.39, 0.29) is 18.6 Å². The molecule has 1 saturated carbocycles. The summed E-state index contributed by atoms with van der Waals surface area (Å²) in [4.78, 5) is 17.4. The highest BCUT2D eigenvalue weighted by molar-refractivity contribution is 5.94. The molecule has 5 nitrogen and oxygen atoms in total. The van der Waals surface area contributed by atoms with Crippen LogP contribution >= 0.6 is 0 Å². The maximum atomic E-state index is 12.7. The molecule has 1 aliphatic carbocycles. The van der Waals surface area contributed by atoms with Crippen LogP contribution in [0.2, 0.25) is 0 Å². The number of β-amino-alcohol motifs (C(OH)–C–C–N with tert-alkyl or cyclic N) is 1. The van der Waals surface area contributed by atoms with Crippen molar-refractivity contribution in [2.24, 2.45) is 11.8 Å². The van der Waals surface area contributed by atoms with Gasteiger partial charge in [-0.15, -0.1) is 0 Å². The van der Waals surface area contributed by atoms with Gasteiger partial charge in [-0.25, -0.2) is 0 Å². The largest absolute Gasteiger partial charge is 0.395 e. The second kappa shape index (κ2) is 7.97. The van der Waals surface area contributed by atoms with Crippen molar-refractivity contribution in [2.45, 2.75) is 38.1 Å². The molecule has 5 heteroatoms. The highest BCUT2D eigenvalue weighted by Crippen LogP contribution is 2.41. The van der Waals surface area contributed by atoms with E-state index < -0.39 is 0 Å². The number of aliphatic hydroxyl groups excluding tert-OH is 1. The zero-order valence-electron chi connectivity index (χ0n) is 15.6. The predicted molar refractivity (Wildman–Crippen MR) is 104 cm³/mol. The van der Waals surface area contributed by atoms with Gasteiger partial charge >= 0.3 is 0 Å². The molecule has 0 unspecified atom stereocenters. The number of nitrogens with zero attached hydrogens (tertiary/aromatic N) is 2. The van der Waals surface area contributed by atoms with Crippen molar-refractivity contribution < 1.29 is 9.90 Å². The van der Waals surface area contributed by atoms with Crippen LogP contribution in [0.4, 0.5) is 5.69 Å². The highest BCUT2D eigenvalue weighted by Gasteiger charge is 2.42. The van der Waals surface area contributed by atoms with Gasteiger partial charge in [0.25, 0.3) is 5.91 Å². The number of amides is 1. The Balaban J connectivity index is 1.37. The Kier molecular flexibility index (Phi) is 5.46. The van der Waals surface area contributed by atoms with E-state index >= 15 is 0 Å². The van der Waals surface area contributed by atoms with Crippen LogP contribution in [0.5, 0.6) is 0 Å². The lowest BCUT2D eigenvalue weighted by Crippen LogP contribution is -2.41. The zero-order chi connectivity index (χ0) is 17.9. The molecule has 1 aromatic rings. The van der Waals surface area contributed by atoms with E-state index in [2.05, 4.69) is 27.2 Å². The Bertz CT molecular complexity index is 608. The first-order valence-electron chi connectivity index (χ1n) is 10.2. The van der Waals surface area contributed by atoms with Gasteiger partial charge in [-0.1, -0.05) is 0 Å². The summed E-state index contributed by atoms with van der Waals surface area (Å²) in [7, 11) is 0. The summed E-state index contributed by atoms with van der Waals surface area (Å²) in [6, 6.07) is 8.32. The van der Waals surface area contributed by atoms with E-state index in [1.54, 1.807) is 0 Å². The summed E-state index contributed by atoms with van der Waals surface area (Å²) in [5.74, 6) is 1.33. The Morgan fingerprint density at radius 3 is 2.46 bits per heavy atom. The van der Waals surface area contributed by atoms with Crippen LogP contribution in [0.1, 0.15) is 42.5 Å². The quantitative estimate of drug-likeness (QED) is 0.819. The summed E-state index contributed by atoms with van der Waals surface area (Å²) in [6.45, 7) is 5.01. The maximum Gasteiger partial charge on any atom is 0.251 e. The first-order valence-corrected chi connectivity index (χ1v) is 10.2. The molecule has 0 radical (unpaired) electrons. The molecule has 2 atom stereocenters. The molecule has 2 N–H and O–H groups in total. The van der Waals surface area contributed by atoms with Crippen molar-refractivity contribution in [1.29, 1.82) is 0 Å². The number of carbonyl (C=O) groups excluding carboxylic acids is 1. The van der Waals surface area contributed by atoms with Crippen LogP contribution in [0, 0.1) is 11.8 Å². The van der Waals surface area contributed by atoms with Crippen molar-refractivity contribution in [3.05, 3.63) is 29.8 Å². The minimum Gasteiger partial charge on any atom is -0.395 e. The molecule has 3 fully saturated rings. The minimum absolute atomic E-state index is 0.0386. The molecular weight excluding hydrogens is 326 g/mol. The maximum absolute atomic E-state index is 12.7. The number of anilines is 1. The third-order valence-corrected chi connectivity index (χ3v) is 6.25. The third-order valence-electron chi connectivity index (χ3n) is 6.25. The number of rotatable bonds is 6. The van der Waals surface area contributed by atoms with Crippen molar-refractivity contribution >= 4 is 11.6 Å². The second-order valence-corrected chi connectivity index (χ2v) is 8.16. The van der Waals surface area contributed by atoms with E-state index in [4.69, 9.17) is 0 Å². The van der Waals surface area contributed by atoms with Gasteiger partial charge in [0.05, 0.1) is 6.61 Å². The molecule has 0 spiro atoms. The smallest absolute Gasteiger partial charge is 0.251 e. The lowest BCUT2D eigenvalue weighted by molar-refractivity contribution is 0.0928. The number of carbonyl (C=O) groups is 1. The molecule has 1 amide bonds. The van der Waals surface area contributed by atoms with E-state index in [9.17, 15) is 9.90 Å². The van der Waals surface area contributed by atoms with Crippen LogP contribution in [-0.4, -0.2) is 61.3 Å². The normalized spacial score (nSPS) is 26.9. The number of piperidine rings is 1. The van der Waals surface area contributed by atoms with Crippen LogP contribution in [0.15, 0.2) is 24.3 Å². The van der Waals surface area contributed by atoms with Gasteiger partial charge in [0.2, 0.25) is 0 Å². The van der Waals surface area contributed by atoms with Crippen LogP contribution in [0.3, 0.4) is 0 Å². The highest BCUT2D eigenvalue weighted by atomic mass is 16.3. The van der Waals surface area contributed by atoms with E-state index in [0.717, 1.165) is 37.7 Å². The average molecular weight is 357 g/mol. The predicted octanol–water partition coefficient (Wildman–Crippen LogP) is 2.11. The molecule has 142 valence electrons. The van der Waals surface area contributed by atoms with Crippen LogP contribution in [-0.2, 0) is 0 Å². The standard InChI is InChI=1S/C21H31N3O2/c25-13-12-23-14-19(16-4-5-16)20(15-23)22-21(26)17-6-8-18(9-7-17)24-10-2-1-3-11-24/h6-9,16,19-20,25H,1-5,10-15H2,(H,22,26)/t19-,20+/m1/s1. The number of benzene rings is 1. The molecular formula is C21H31N3O2. The number of hydrogen-bond donors (Lipinski definition) is 2. The molecule has 3 aliphatic rings. The van der Waals surface area contributed by atoms with Gasteiger partial charge in [-0.05, 0) is 68.2 Å². The lowest BCUT2D eigenvalue weighted by Gasteiger charge is -2.28. The van der Waals surface area contributed by atoms with Gasteiger partial charge in [0.15, 0.2) is 0 Å². The number of likely N-dealkylation sites (tertiary alicyclic amines) is 1. The zero-order valence-corrected chi connectivity index (χ0v) is 15.6. The van der Waals surface area contributed by atoms with Gasteiger partial charge in [0, 0.05) is 50.0 Å². The minimum atomic E-state index is 0.0386. The van der Waals surface area contributed by atoms with Crippen LogP contribution in [0.25, 0.3) is 0 Å².